The van der Waals surface area contributed by atoms with Crippen molar-refractivity contribution in [2.75, 3.05) is 43.5 Å². The Morgan fingerprint density at radius 1 is 1.07 bits per heavy atom. The fraction of sp³-hybridized carbons (Fsp3) is 0.409. The Hall–Kier alpha value is -2.27. The number of rotatable bonds is 6. The molecule has 0 aromatic heterocycles. The third-order valence-corrected chi connectivity index (χ3v) is 5.37. The van der Waals surface area contributed by atoms with Gasteiger partial charge in [-0.2, -0.15) is 0 Å². The molecule has 0 radical (unpaired) electrons. The minimum atomic E-state index is 0.807. The predicted octanol–water partition coefficient (Wildman–Crippen LogP) is 4.56. The highest BCUT2D eigenvalue weighted by molar-refractivity contribution is 7.80. The van der Waals surface area contributed by atoms with E-state index in [2.05, 4.69) is 58.4 Å². The molecule has 0 unspecified atom stereocenters. The standard InChI is InChI=1S/C22H29N3OS/c1-3-4-6-18-9-11-19(12-10-18)23-22(27)25-15-13-24(14-16-25)20-7-5-8-21(17-20)26-2/h5,7-12,17H,3-4,6,13-16H2,1-2H3,(H,23,27). The average Bonchev–Trinajstić information content (AvgIpc) is 2.73. The summed E-state index contributed by atoms with van der Waals surface area (Å²) >= 11 is 5.63. The highest BCUT2D eigenvalue weighted by Gasteiger charge is 2.19. The van der Waals surface area contributed by atoms with E-state index in [9.17, 15) is 0 Å². The molecular weight excluding hydrogens is 354 g/mol. The molecule has 1 fully saturated rings. The average molecular weight is 384 g/mol. The van der Waals surface area contributed by atoms with Crippen LogP contribution >= 0.6 is 12.2 Å². The molecular formula is C22H29N3OS. The SMILES string of the molecule is CCCCc1ccc(NC(=S)N2CCN(c3cccc(OC)c3)CC2)cc1. The molecule has 1 N–H and O–H groups in total. The normalized spacial score (nSPS) is 14.1. The first-order valence-corrected chi connectivity index (χ1v) is 10.1. The summed E-state index contributed by atoms with van der Waals surface area (Å²) in [5.74, 6) is 0.898. The summed E-state index contributed by atoms with van der Waals surface area (Å²) in [6.07, 6.45) is 3.61. The molecule has 0 aliphatic carbocycles. The molecule has 2 aromatic carbocycles. The third-order valence-electron chi connectivity index (χ3n) is 5.01. The number of hydrogen-bond donors (Lipinski definition) is 1. The fourth-order valence-electron chi connectivity index (χ4n) is 3.31. The molecule has 4 nitrogen and oxygen atoms in total. The molecule has 2 aromatic rings. The van der Waals surface area contributed by atoms with Crippen molar-refractivity contribution in [3.63, 3.8) is 0 Å². The fourth-order valence-corrected chi connectivity index (χ4v) is 3.61. The zero-order valence-corrected chi connectivity index (χ0v) is 17.1. The van der Waals surface area contributed by atoms with Gasteiger partial charge in [-0.1, -0.05) is 31.5 Å². The Morgan fingerprint density at radius 3 is 2.48 bits per heavy atom. The lowest BCUT2D eigenvalue weighted by Crippen LogP contribution is -2.50. The predicted molar refractivity (Wildman–Crippen MR) is 118 cm³/mol. The molecule has 27 heavy (non-hydrogen) atoms. The number of unbranched alkanes of at least 4 members (excludes halogenated alkanes) is 1. The molecule has 3 rings (SSSR count). The smallest absolute Gasteiger partial charge is 0.173 e. The van der Waals surface area contributed by atoms with Gasteiger partial charge in [0.25, 0.3) is 0 Å². The zero-order chi connectivity index (χ0) is 19.1. The maximum atomic E-state index is 5.63. The van der Waals surface area contributed by atoms with Crippen molar-refractivity contribution in [2.24, 2.45) is 0 Å². The van der Waals surface area contributed by atoms with Gasteiger partial charge in [-0.3, -0.25) is 0 Å². The van der Waals surface area contributed by atoms with Crippen molar-refractivity contribution in [1.29, 1.82) is 0 Å². The van der Waals surface area contributed by atoms with Crippen molar-refractivity contribution in [3.8, 4) is 5.75 Å². The number of ether oxygens (including phenoxy) is 1. The van der Waals surface area contributed by atoms with Crippen molar-refractivity contribution in [1.82, 2.24) is 4.90 Å². The quantitative estimate of drug-likeness (QED) is 0.739. The molecule has 0 atom stereocenters. The number of anilines is 2. The minimum absolute atomic E-state index is 0.807. The van der Waals surface area contributed by atoms with Crippen LogP contribution in [0.1, 0.15) is 25.3 Å². The van der Waals surface area contributed by atoms with Gasteiger partial charge in [0.1, 0.15) is 5.75 Å². The molecule has 1 heterocycles. The maximum Gasteiger partial charge on any atom is 0.173 e. The van der Waals surface area contributed by atoms with Gasteiger partial charge in [0.2, 0.25) is 0 Å². The number of aryl methyl sites for hydroxylation is 1. The van der Waals surface area contributed by atoms with Gasteiger partial charge in [-0.15, -0.1) is 0 Å². The van der Waals surface area contributed by atoms with Crippen LogP contribution in [0.4, 0.5) is 11.4 Å². The number of hydrogen-bond acceptors (Lipinski definition) is 3. The molecule has 1 saturated heterocycles. The first kappa shape index (κ1) is 19.5. The van der Waals surface area contributed by atoms with Gasteiger partial charge in [0.05, 0.1) is 7.11 Å². The van der Waals surface area contributed by atoms with Crippen LogP contribution in [-0.4, -0.2) is 43.3 Å². The lowest BCUT2D eigenvalue weighted by molar-refractivity contribution is 0.389. The number of benzene rings is 2. The third kappa shape index (κ3) is 5.36. The summed E-state index contributed by atoms with van der Waals surface area (Å²) < 4.78 is 5.33. The zero-order valence-electron chi connectivity index (χ0n) is 16.3. The van der Waals surface area contributed by atoms with Gasteiger partial charge in [-0.05, 0) is 54.9 Å². The highest BCUT2D eigenvalue weighted by Crippen LogP contribution is 2.22. The van der Waals surface area contributed by atoms with E-state index in [1.807, 2.05) is 12.1 Å². The molecule has 1 aliphatic heterocycles. The maximum absolute atomic E-state index is 5.63. The van der Waals surface area contributed by atoms with Crippen molar-refractivity contribution < 1.29 is 4.74 Å². The van der Waals surface area contributed by atoms with Gasteiger partial charge in [-0.25, -0.2) is 0 Å². The van der Waals surface area contributed by atoms with E-state index in [4.69, 9.17) is 17.0 Å². The van der Waals surface area contributed by atoms with Gasteiger partial charge < -0.3 is 19.9 Å². The Labute approximate surface area is 168 Å². The molecule has 5 heteroatoms. The van der Waals surface area contributed by atoms with Crippen molar-refractivity contribution >= 4 is 28.7 Å². The van der Waals surface area contributed by atoms with Crippen LogP contribution in [-0.2, 0) is 6.42 Å². The molecule has 0 amide bonds. The van der Waals surface area contributed by atoms with Crippen LogP contribution in [0, 0.1) is 0 Å². The van der Waals surface area contributed by atoms with E-state index in [0.29, 0.717) is 0 Å². The van der Waals surface area contributed by atoms with E-state index in [1.54, 1.807) is 7.11 Å². The summed E-state index contributed by atoms with van der Waals surface area (Å²) in [4.78, 5) is 4.63. The van der Waals surface area contributed by atoms with Crippen molar-refractivity contribution in [3.05, 3.63) is 54.1 Å². The molecule has 0 saturated carbocycles. The first-order valence-electron chi connectivity index (χ1n) is 9.73. The van der Waals surface area contributed by atoms with Crippen LogP contribution in [0.25, 0.3) is 0 Å². The number of nitrogens with zero attached hydrogens (tertiary/aromatic N) is 2. The Bertz CT molecular complexity index is 739. The Morgan fingerprint density at radius 2 is 1.81 bits per heavy atom. The van der Waals surface area contributed by atoms with Crippen LogP contribution in [0.5, 0.6) is 5.75 Å². The minimum Gasteiger partial charge on any atom is -0.497 e. The van der Waals surface area contributed by atoms with Gasteiger partial charge in [0, 0.05) is 43.6 Å². The Kier molecular flexibility index (Phi) is 6.93. The lowest BCUT2D eigenvalue weighted by Gasteiger charge is -2.37. The van der Waals surface area contributed by atoms with Gasteiger partial charge in [0.15, 0.2) is 5.11 Å². The van der Waals surface area contributed by atoms with E-state index >= 15 is 0 Å². The lowest BCUT2D eigenvalue weighted by atomic mass is 10.1. The summed E-state index contributed by atoms with van der Waals surface area (Å²) in [5, 5.41) is 4.19. The van der Waals surface area contributed by atoms with E-state index in [0.717, 1.165) is 49.1 Å². The van der Waals surface area contributed by atoms with E-state index in [-0.39, 0.29) is 0 Å². The second-order valence-corrected chi connectivity index (χ2v) is 7.29. The second kappa shape index (κ2) is 9.60. The summed E-state index contributed by atoms with van der Waals surface area (Å²) in [5.41, 5.74) is 3.66. The molecule has 144 valence electrons. The molecule has 1 aliphatic rings. The van der Waals surface area contributed by atoms with Crippen LogP contribution < -0.4 is 15.0 Å². The summed E-state index contributed by atoms with van der Waals surface area (Å²) in [6.45, 7) is 5.95. The number of piperazine rings is 1. The van der Waals surface area contributed by atoms with Crippen LogP contribution in [0.2, 0.25) is 0 Å². The number of thiocarbonyl (C=S) groups is 1. The highest BCUT2D eigenvalue weighted by atomic mass is 32.1. The van der Waals surface area contributed by atoms with Crippen molar-refractivity contribution in [2.45, 2.75) is 26.2 Å². The second-order valence-electron chi connectivity index (χ2n) is 6.91. The van der Waals surface area contributed by atoms with Gasteiger partial charge >= 0.3 is 0 Å². The topological polar surface area (TPSA) is 27.7 Å². The Balaban J connectivity index is 1.50. The number of methoxy groups -OCH3 is 1. The van der Waals surface area contributed by atoms with Crippen LogP contribution in [0.3, 0.4) is 0 Å². The molecule has 0 bridgehead atoms. The largest absolute Gasteiger partial charge is 0.497 e. The number of nitrogens with one attached hydrogen (secondary N) is 1. The van der Waals surface area contributed by atoms with Crippen LogP contribution in [0.15, 0.2) is 48.5 Å². The monoisotopic (exact) mass is 383 g/mol. The van der Waals surface area contributed by atoms with E-state index in [1.165, 1.54) is 24.1 Å². The first-order chi connectivity index (χ1) is 13.2. The van der Waals surface area contributed by atoms with E-state index < -0.39 is 0 Å². The summed E-state index contributed by atoms with van der Waals surface area (Å²) in [7, 11) is 1.71. The summed E-state index contributed by atoms with van der Waals surface area (Å²) in [6, 6.07) is 16.9. The molecule has 0 spiro atoms.